The Morgan fingerprint density at radius 2 is 2.16 bits per heavy atom. The van der Waals surface area contributed by atoms with Crippen LogP contribution in [0.3, 0.4) is 0 Å². The number of rotatable bonds is 4. The fraction of sp³-hybridized carbons (Fsp3) is 0.625. The van der Waals surface area contributed by atoms with E-state index in [4.69, 9.17) is 0 Å². The number of hydrogen-bond acceptors (Lipinski definition) is 2. The quantitative estimate of drug-likeness (QED) is 0.885. The third-order valence-corrected chi connectivity index (χ3v) is 4.71. The summed E-state index contributed by atoms with van der Waals surface area (Å²) in [5.74, 6) is 0.794. The first-order valence-electron chi connectivity index (χ1n) is 7.32. The van der Waals surface area contributed by atoms with Gasteiger partial charge in [-0.2, -0.15) is 0 Å². The lowest BCUT2D eigenvalue weighted by atomic mass is 10.1. The summed E-state index contributed by atoms with van der Waals surface area (Å²) < 4.78 is 1.22. The van der Waals surface area contributed by atoms with E-state index in [0.29, 0.717) is 12.1 Å². The second kappa shape index (κ2) is 6.27. The third kappa shape index (κ3) is 3.32. The van der Waals surface area contributed by atoms with E-state index < -0.39 is 0 Å². The minimum absolute atomic E-state index is 0.408. The molecule has 0 radical (unpaired) electrons. The molecule has 1 saturated heterocycles. The van der Waals surface area contributed by atoms with E-state index in [-0.39, 0.29) is 0 Å². The first-order valence-corrected chi connectivity index (χ1v) is 8.11. The zero-order valence-electron chi connectivity index (χ0n) is 12.4. The van der Waals surface area contributed by atoms with Crippen LogP contribution in [0.15, 0.2) is 22.7 Å². The lowest BCUT2D eigenvalue weighted by Gasteiger charge is -2.26. The van der Waals surface area contributed by atoms with Gasteiger partial charge in [-0.15, -0.1) is 0 Å². The molecule has 3 heteroatoms. The van der Waals surface area contributed by atoms with Crippen LogP contribution in [-0.4, -0.2) is 19.1 Å². The van der Waals surface area contributed by atoms with Crippen molar-refractivity contribution >= 4 is 21.6 Å². The number of nitrogens with one attached hydrogen (secondary N) is 1. The first kappa shape index (κ1) is 14.9. The molecule has 1 fully saturated rings. The molecule has 0 saturated carbocycles. The van der Waals surface area contributed by atoms with Gasteiger partial charge in [-0.25, -0.2) is 0 Å². The van der Waals surface area contributed by atoms with Crippen molar-refractivity contribution < 1.29 is 0 Å². The Morgan fingerprint density at radius 3 is 2.68 bits per heavy atom. The predicted octanol–water partition coefficient (Wildman–Crippen LogP) is 4.35. The normalized spacial score (nSPS) is 24.8. The van der Waals surface area contributed by atoms with E-state index in [9.17, 15) is 0 Å². The standard InChI is InChI=1S/C16H25BrN2/c1-5-18-13(4)14-6-7-16(15(17)9-14)19-10-11(2)8-12(19)3/h6-7,9,11-13,18H,5,8,10H2,1-4H3. The summed E-state index contributed by atoms with van der Waals surface area (Å²) in [6.45, 7) is 11.2. The molecule has 0 spiro atoms. The van der Waals surface area contributed by atoms with E-state index in [2.05, 4.69) is 72.0 Å². The van der Waals surface area contributed by atoms with Crippen molar-refractivity contribution in [1.82, 2.24) is 5.32 Å². The smallest absolute Gasteiger partial charge is 0.0513 e. The maximum atomic E-state index is 3.75. The molecule has 1 aromatic carbocycles. The minimum Gasteiger partial charge on any atom is -0.368 e. The van der Waals surface area contributed by atoms with Gasteiger partial charge in [-0.1, -0.05) is 19.9 Å². The molecule has 0 aromatic heterocycles. The summed E-state index contributed by atoms with van der Waals surface area (Å²) in [7, 11) is 0. The van der Waals surface area contributed by atoms with Crippen molar-refractivity contribution in [2.45, 2.75) is 46.2 Å². The van der Waals surface area contributed by atoms with Crippen LogP contribution in [0, 0.1) is 5.92 Å². The number of nitrogens with zero attached hydrogens (tertiary/aromatic N) is 1. The molecular weight excluding hydrogens is 300 g/mol. The van der Waals surface area contributed by atoms with Gasteiger partial charge in [-0.3, -0.25) is 0 Å². The van der Waals surface area contributed by atoms with Crippen molar-refractivity contribution in [3.05, 3.63) is 28.2 Å². The fourth-order valence-corrected chi connectivity index (χ4v) is 3.71. The van der Waals surface area contributed by atoms with Crippen LogP contribution in [0.1, 0.15) is 45.7 Å². The Balaban J connectivity index is 2.20. The van der Waals surface area contributed by atoms with Crippen LogP contribution < -0.4 is 10.2 Å². The third-order valence-electron chi connectivity index (χ3n) is 4.08. The van der Waals surface area contributed by atoms with Crippen molar-refractivity contribution in [1.29, 1.82) is 0 Å². The highest BCUT2D eigenvalue weighted by atomic mass is 79.9. The predicted molar refractivity (Wildman–Crippen MR) is 86.8 cm³/mol. The van der Waals surface area contributed by atoms with Gasteiger partial charge in [0.1, 0.15) is 0 Å². The largest absolute Gasteiger partial charge is 0.368 e. The van der Waals surface area contributed by atoms with E-state index in [0.717, 1.165) is 12.5 Å². The second-order valence-corrected chi connectivity index (χ2v) is 6.69. The fourth-order valence-electron chi connectivity index (χ4n) is 3.09. The average Bonchev–Trinajstić information content (AvgIpc) is 2.68. The number of anilines is 1. The molecule has 0 aliphatic carbocycles. The topological polar surface area (TPSA) is 15.3 Å². The Bertz CT molecular complexity index is 433. The van der Waals surface area contributed by atoms with E-state index in [1.54, 1.807) is 0 Å². The Kier molecular flexibility index (Phi) is 4.91. The Morgan fingerprint density at radius 1 is 1.42 bits per heavy atom. The molecule has 106 valence electrons. The van der Waals surface area contributed by atoms with E-state index in [1.165, 1.54) is 28.7 Å². The Hall–Kier alpha value is -0.540. The zero-order valence-corrected chi connectivity index (χ0v) is 14.0. The van der Waals surface area contributed by atoms with Gasteiger partial charge in [0.05, 0.1) is 5.69 Å². The van der Waals surface area contributed by atoms with Crippen LogP contribution in [-0.2, 0) is 0 Å². The monoisotopic (exact) mass is 324 g/mol. The van der Waals surface area contributed by atoms with Gasteiger partial charge in [0.15, 0.2) is 0 Å². The molecule has 0 bridgehead atoms. The summed E-state index contributed by atoms with van der Waals surface area (Å²) in [6.07, 6.45) is 1.29. The highest BCUT2D eigenvalue weighted by Crippen LogP contribution is 2.35. The van der Waals surface area contributed by atoms with Crippen molar-refractivity contribution in [2.75, 3.05) is 18.0 Å². The highest BCUT2D eigenvalue weighted by Gasteiger charge is 2.27. The number of hydrogen-bond donors (Lipinski definition) is 1. The second-order valence-electron chi connectivity index (χ2n) is 5.83. The van der Waals surface area contributed by atoms with Crippen LogP contribution in [0.2, 0.25) is 0 Å². The molecule has 1 heterocycles. The molecule has 3 atom stereocenters. The zero-order chi connectivity index (χ0) is 14.0. The molecule has 19 heavy (non-hydrogen) atoms. The molecule has 1 aliphatic rings. The summed E-state index contributed by atoms with van der Waals surface area (Å²) in [5.41, 5.74) is 2.68. The van der Waals surface area contributed by atoms with Crippen LogP contribution in [0.4, 0.5) is 5.69 Å². The van der Waals surface area contributed by atoms with Gasteiger partial charge in [0.2, 0.25) is 0 Å². The number of benzene rings is 1. The van der Waals surface area contributed by atoms with Crippen molar-refractivity contribution in [3.63, 3.8) is 0 Å². The van der Waals surface area contributed by atoms with Gasteiger partial charge in [0.25, 0.3) is 0 Å². The van der Waals surface area contributed by atoms with Crippen molar-refractivity contribution in [2.24, 2.45) is 5.92 Å². The van der Waals surface area contributed by atoms with Gasteiger partial charge in [-0.05, 0) is 66.4 Å². The number of halogens is 1. The van der Waals surface area contributed by atoms with E-state index in [1.807, 2.05) is 0 Å². The average molecular weight is 325 g/mol. The molecule has 1 N–H and O–H groups in total. The highest BCUT2D eigenvalue weighted by molar-refractivity contribution is 9.10. The molecule has 1 aliphatic heterocycles. The maximum absolute atomic E-state index is 3.75. The molecular formula is C16H25BrN2. The summed E-state index contributed by atoms with van der Waals surface area (Å²) in [6, 6.07) is 7.83. The summed E-state index contributed by atoms with van der Waals surface area (Å²) in [5, 5.41) is 3.46. The molecule has 2 nitrogen and oxygen atoms in total. The minimum atomic E-state index is 0.408. The van der Waals surface area contributed by atoms with Gasteiger partial charge in [0, 0.05) is 23.1 Å². The maximum Gasteiger partial charge on any atom is 0.0513 e. The summed E-state index contributed by atoms with van der Waals surface area (Å²) in [4.78, 5) is 2.52. The van der Waals surface area contributed by atoms with Crippen LogP contribution >= 0.6 is 15.9 Å². The SMILES string of the molecule is CCNC(C)c1ccc(N2CC(C)CC2C)c(Br)c1. The van der Waals surface area contributed by atoms with Crippen molar-refractivity contribution in [3.8, 4) is 0 Å². The summed E-state index contributed by atoms with van der Waals surface area (Å²) >= 11 is 3.75. The lowest BCUT2D eigenvalue weighted by molar-refractivity contribution is 0.598. The van der Waals surface area contributed by atoms with E-state index >= 15 is 0 Å². The van der Waals surface area contributed by atoms with Crippen LogP contribution in [0.25, 0.3) is 0 Å². The molecule has 1 aromatic rings. The van der Waals surface area contributed by atoms with Gasteiger partial charge < -0.3 is 10.2 Å². The first-order chi connectivity index (χ1) is 9.02. The molecule has 2 rings (SSSR count). The molecule has 0 amide bonds. The Labute approximate surface area is 125 Å². The molecule has 3 unspecified atom stereocenters. The van der Waals surface area contributed by atoms with Gasteiger partial charge >= 0.3 is 0 Å². The lowest BCUT2D eigenvalue weighted by Crippen LogP contribution is -2.27. The van der Waals surface area contributed by atoms with Crippen LogP contribution in [0.5, 0.6) is 0 Å².